The number of hydrogen-bond acceptors (Lipinski definition) is 2. The van der Waals surface area contributed by atoms with Crippen LogP contribution in [0.3, 0.4) is 0 Å². The van der Waals surface area contributed by atoms with Crippen LogP contribution in [0.4, 0.5) is 0 Å². The summed E-state index contributed by atoms with van der Waals surface area (Å²) in [6.45, 7) is 2.19. The zero-order chi connectivity index (χ0) is 21.9. The van der Waals surface area contributed by atoms with Gasteiger partial charge in [0.25, 0.3) is 0 Å². The van der Waals surface area contributed by atoms with Crippen LogP contribution < -0.4 is 0 Å². The number of thiophene rings is 2. The van der Waals surface area contributed by atoms with E-state index in [-0.39, 0.29) is 0 Å². The summed E-state index contributed by atoms with van der Waals surface area (Å²) in [6.07, 6.45) is 0. The molecule has 0 aliphatic carbocycles. The smallest absolute Gasteiger partial charge is 0.0355 e. The predicted molar refractivity (Wildman–Crippen MR) is 148 cm³/mol. The molecule has 7 aromatic rings. The lowest BCUT2D eigenvalue weighted by atomic mass is 9.99. The zero-order valence-corrected chi connectivity index (χ0v) is 19.8. The molecule has 33 heavy (non-hydrogen) atoms. The Morgan fingerprint density at radius 2 is 1.03 bits per heavy atom. The fourth-order valence-corrected chi connectivity index (χ4v) is 6.93. The molecule has 2 aromatic heterocycles. The van der Waals surface area contributed by atoms with E-state index in [1.54, 1.807) is 0 Å². The Morgan fingerprint density at radius 3 is 1.73 bits per heavy atom. The van der Waals surface area contributed by atoms with Crippen LogP contribution in [0.1, 0.15) is 4.88 Å². The summed E-state index contributed by atoms with van der Waals surface area (Å²) in [7, 11) is 0. The minimum Gasteiger partial charge on any atom is -0.141 e. The van der Waals surface area contributed by atoms with E-state index in [1.807, 2.05) is 22.7 Å². The molecule has 0 unspecified atom stereocenters. The van der Waals surface area contributed by atoms with Crippen molar-refractivity contribution in [2.75, 3.05) is 0 Å². The van der Waals surface area contributed by atoms with Gasteiger partial charge in [0.15, 0.2) is 0 Å². The van der Waals surface area contributed by atoms with E-state index in [9.17, 15) is 0 Å². The Morgan fingerprint density at radius 1 is 0.455 bits per heavy atom. The van der Waals surface area contributed by atoms with Crippen molar-refractivity contribution in [3.05, 3.63) is 108 Å². The summed E-state index contributed by atoms with van der Waals surface area (Å²) < 4.78 is 2.72. The molecule has 0 aliphatic rings. The number of fused-ring (bicyclic) bond motifs is 6. The first-order valence-corrected chi connectivity index (χ1v) is 12.8. The van der Waals surface area contributed by atoms with E-state index in [4.69, 9.17) is 0 Å². The second kappa shape index (κ2) is 7.28. The lowest BCUT2D eigenvalue weighted by molar-refractivity contribution is 1.62. The maximum atomic E-state index is 2.38. The van der Waals surface area contributed by atoms with E-state index in [2.05, 4.69) is 110 Å². The van der Waals surface area contributed by atoms with Crippen molar-refractivity contribution in [3.63, 3.8) is 0 Å². The number of aryl methyl sites for hydroxylation is 1. The highest BCUT2D eigenvalue weighted by molar-refractivity contribution is 7.22. The fourth-order valence-electron chi connectivity index (χ4n) is 4.91. The second-order valence-electron chi connectivity index (χ2n) is 8.66. The highest BCUT2D eigenvalue weighted by Gasteiger charge is 2.11. The van der Waals surface area contributed by atoms with Crippen molar-refractivity contribution in [2.45, 2.75) is 6.92 Å². The predicted octanol–water partition coefficient (Wildman–Crippen LogP) is 10.1. The number of benzene rings is 5. The molecule has 2 heteroatoms. The Kier molecular flexibility index (Phi) is 4.20. The summed E-state index contributed by atoms with van der Waals surface area (Å²) in [6, 6.07) is 38.1. The standard InChI is InChI=1S/C31H20S2/c1-19-15-27-25-16-24-12-14-30-28(26(24)17-23(25)11-13-29(27)32-19)18-31(33-30)22-9-7-21(8-10-22)20-5-3-2-4-6-20/h2-18H,1H3. The van der Waals surface area contributed by atoms with Gasteiger partial charge in [-0.05, 0) is 81.6 Å². The Balaban J connectivity index is 1.37. The summed E-state index contributed by atoms with van der Waals surface area (Å²) in [5, 5.41) is 8.06. The molecule has 156 valence electrons. The molecule has 0 saturated heterocycles. The largest absolute Gasteiger partial charge is 0.141 e. The molecule has 0 saturated carbocycles. The normalized spacial score (nSPS) is 11.8. The molecule has 0 atom stereocenters. The van der Waals surface area contributed by atoms with Gasteiger partial charge in [0.1, 0.15) is 0 Å². The summed E-state index contributed by atoms with van der Waals surface area (Å²) in [4.78, 5) is 2.69. The molecule has 0 N–H and O–H groups in total. The number of rotatable bonds is 2. The van der Waals surface area contributed by atoms with E-state index in [0.717, 1.165) is 0 Å². The van der Waals surface area contributed by atoms with E-state index in [1.165, 1.54) is 68.2 Å². The first-order chi connectivity index (χ1) is 16.2. The molecule has 0 spiro atoms. The molecule has 7 rings (SSSR count). The molecule has 0 nitrogen and oxygen atoms in total. The Labute approximate surface area is 200 Å². The van der Waals surface area contributed by atoms with Crippen molar-refractivity contribution in [1.29, 1.82) is 0 Å². The molecule has 2 heterocycles. The molecular formula is C31H20S2. The SMILES string of the molecule is Cc1cc2c(ccc3cc4c(ccc5sc(-c6ccc(-c7ccccc7)cc6)cc54)cc32)s1. The van der Waals surface area contributed by atoms with Gasteiger partial charge in [-0.1, -0.05) is 66.7 Å². The lowest BCUT2D eigenvalue weighted by Crippen LogP contribution is -1.78. The average Bonchev–Trinajstić information content (AvgIpc) is 3.47. The van der Waals surface area contributed by atoms with Crippen molar-refractivity contribution in [2.24, 2.45) is 0 Å². The average molecular weight is 457 g/mol. The molecule has 0 fully saturated rings. The highest BCUT2D eigenvalue weighted by Crippen LogP contribution is 2.40. The van der Waals surface area contributed by atoms with Crippen LogP contribution in [0, 0.1) is 6.92 Å². The van der Waals surface area contributed by atoms with E-state index in [0.29, 0.717) is 0 Å². The van der Waals surface area contributed by atoms with Gasteiger partial charge in [-0.25, -0.2) is 0 Å². The Hall–Kier alpha value is -3.46. The van der Waals surface area contributed by atoms with Gasteiger partial charge in [-0.15, -0.1) is 22.7 Å². The zero-order valence-electron chi connectivity index (χ0n) is 18.1. The van der Waals surface area contributed by atoms with Crippen molar-refractivity contribution < 1.29 is 0 Å². The minimum atomic E-state index is 1.26. The van der Waals surface area contributed by atoms with Gasteiger partial charge in [0.2, 0.25) is 0 Å². The Bertz CT molecular complexity index is 1800. The third kappa shape index (κ3) is 3.10. The van der Waals surface area contributed by atoms with Gasteiger partial charge in [0, 0.05) is 29.9 Å². The summed E-state index contributed by atoms with van der Waals surface area (Å²) in [5.41, 5.74) is 3.79. The highest BCUT2D eigenvalue weighted by atomic mass is 32.1. The van der Waals surface area contributed by atoms with Crippen molar-refractivity contribution in [1.82, 2.24) is 0 Å². The quantitative estimate of drug-likeness (QED) is 0.227. The molecule has 0 aliphatic heterocycles. The van der Waals surface area contributed by atoms with Crippen LogP contribution in [0.15, 0.2) is 103 Å². The van der Waals surface area contributed by atoms with Gasteiger partial charge in [-0.2, -0.15) is 0 Å². The maximum Gasteiger partial charge on any atom is 0.0355 e. The molecule has 0 radical (unpaired) electrons. The molecule has 0 amide bonds. The third-order valence-electron chi connectivity index (χ3n) is 6.55. The first kappa shape index (κ1) is 19.0. The van der Waals surface area contributed by atoms with Crippen LogP contribution in [-0.2, 0) is 0 Å². The lowest BCUT2D eigenvalue weighted by Gasteiger charge is -2.05. The maximum absolute atomic E-state index is 2.38. The van der Waals surface area contributed by atoms with E-state index >= 15 is 0 Å². The van der Waals surface area contributed by atoms with Crippen LogP contribution in [0.5, 0.6) is 0 Å². The number of hydrogen-bond donors (Lipinski definition) is 0. The van der Waals surface area contributed by atoms with Crippen LogP contribution in [0.25, 0.3) is 63.3 Å². The van der Waals surface area contributed by atoms with Gasteiger partial charge < -0.3 is 0 Å². The van der Waals surface area contributed by atoms with Gasteiger partial charge in [0.05, 0.1) is 0 Å². The van der Waals surface area contributed by atoms with Crippen LogP contribution >= 0.6 is 22.7 Å². The minimum absolute atomic E-state index is 1.26. The molecule has 5 aromatic carbocycles. The van der Waals surface area contributed by atoms with Gasteiger partial charge in [-0.3, -0.25) is 0 Å². The van der Waals surface area contributed by atoms with Crippen LogP contribution in [0.2, 0.25) is 0 Å². The van der Waals surface area contributed by atoms with Gasteiger partial charge >= 0.3 is 0 Å². The second-order valence-corrected chi connectivity index (χ2v) is 11.0. The van der Waals surface area contributed by atoms with Crippen molar-refractivity contribution in [3.8, 4) is 21.6 Å². The summed E-state index contributed by atoms with van der Waals surface area (Å²) in [5.74, 6) is 0. The van der Waals surface area contributed by atoms with Crippen molar-refractivity contribution >= 4 is 64.4 Å². The first-order valence-electron chi connectivity index (χ1n) is 11.2. The fraction of sp³-hybridized carbons (Fsp3) is 0.0323. The molecule has 0 bridgehead atoms. The molecular weight excluding hydrogens is 436 g/mol. The van der Waals surface area contributed by atoms with E-state index < -0.39 is 0 Å². The van der Waals surface area contributed by atoms with Crippen LogP contribution in [-0.4, -0.2) is 0 Å². The monoisotopic (exact) mass is 456 g/mol. The third-order valence-corrected chi connectivity index (χ3v) is 8.72. The topological polar surface area (TPSA) is 0 Å². The summed E-state index contributed by atoms with van der Waals surface area (Å²) >= 11 is 3.76.